The lowest BCUT2D eigenvalue weighted by molar-refractivity contribution is 0.354. The van der Waals surface area contributed by atoms with Crippen LogP contribution in [0.1, 0.15) is 42.6 Å². The summed E-state index contributed by atoms with van der Waals surface area (Å²) in [6, 6.07) is 20.7. The third kappa shape index (κ3) is 8.03. The molecule has 6 aromatic rings. The van der Waals surface area contributed by atoms with Crippen molar-refractivity contribution in [2.24, 2.45) is 4.99 Å². The highest BCUT2D eigenvalue weighted by Gasteiger charge is 2.27. The van der Waals surface area contributed by atoms with E-state index < -0.39 is 0 Å². The van der Waals surface area contributed by atoms with Crippen LogP contribution in [-0.4, -0.2) is 53.8 Å². The van der Waals surface area contributed by atoms with E-state index in [0.29, 0.717) is 17.4 Å². The van der Waals surface area contributed by atoms with Gasteiger partial charge >= 0.3 is 0 Å². The molecule has 0 saturated heterocycles. The molecule has 1 N–H and O–H groups in total. The number of hydrogen-bond donors (Lipinski definition) is 1. The number of methoxy groups -OCH3 is 4. The average Bonchev–Trinajstić information content (AvgIpc) is 3.71. The number of anilines is 1. The molecular weight excluding hydrogens is 850 g/mol. The molecule has 0 bridgehead atoms. The Hall–Kier alpha value is -5.21. The van der Waals surface area contributed by atoms with Crippen LogP contribution in [0.15, 0.2) is 87.0 Å². The molecule has 4 heterocycles. The Kier molecular flexibility index (Phi) is 12.5. The van der Waals surface area contributed by atoms with E-state index in [0.717, 1.165) is 86.2 Å². The number of nitrogens with zero attached hydrogens (tertiary/aromatic N) is 5. The van der Waals surface area contributed by atoms with E-state index in [1.54, 1.807) is 58.9 Å². The van der Waals surface area contributed by atoms with E-state index in [4.69, 9.17) is 23.9 Å². The lowest BCUT2D eigenvalue weighted by Gasteiger charge is -2.23. The number of imidazole rings is 2. The van der Waals surface area contributed by atoms with Crippen LogP contribution >= 0.6 is 31.9 Å². The molecule has 2 aliphatic rings. The summed E-state index contributed by atoms with van der Waals surface area (Å²) < 4.78 is 53.8. The normalized spacial score (nSPS) is 12.9. The summed E-state index contributed by atoms with van der Waals surface area (Å²) in [4.78, 5) is 13.8. The van der Waals surface area contributed by atoms with Gasteiger partial charge in [-0.3, -0.25) is 0 Å². The van der Waals surface area contributed by atoms with Crippen molar-refractivity contribution in [3.8, 4) is 45.5 Å². The van der Waals surface area contributed by atoms with Crippen LogP contribution in [0.4, 0.5) is 20.7 Å². The quantitative estimate of drug-likeness (QED) is 0.144. The minimum atomic E-state index is -0.269. The molecule has 0 spiro atoms. The number of hydrogen-bond acceptors (Lipinski definition) is 8. The molecule has 0 radical (unpaired) electrons. The van der Waals surface area contributed by atoms with Gasteiger partial charge in [0.2, 0.25) is 11.9 Å². The fourth-order valence-corrected chi connectivity index (χ4v) is 8.04. The third-order valence-electron chi connectivity index (χ3n) is 9.68. The molecule has 0 saturated carbocycles. The highest BCUT2D eigenvalue weighted by molar-refractivity contribution is 9.10. The summed E-state index contributed by atoms with van der Waals surface area (Å²) >= 11 is 7.18. The smallest absolute Gasteiger partial charge is 0.231 e. The third-order valence-corrected chi connectivity index (χ3v) is 10.8. The molecule has 56 heavy (non-hydrogen) atoms. The van der Waals surface area contributed by atoms with Crippen LogP contribution in [0.3, 0.4) is 0 Å². The predicted octanol–water partition coefficient (Wildman–Crippen LogP) is 10.6. The van der Waals surface area contributed by atoms with Crippen molar-refractivity contribution in [3.05, 3.63) is 116 Å². The molecule has 8 rings (SSSR count). The molecule has 1 unspecified atom stereocenters. The SMILES string of the molecule is C.COc1cc2c(cc1OC)-c1c(Br)nc(N=Cc3ccc(F)cc3)n1CC2.COc1cc2c(cc1OC)-c1c(Br)nc(NC(C)c3ccc(F)cc3)n1CC2. The van der Waals surface area contributed by atoms with Crippen LogP contribution in [0.25, 0.3) is 22.5 Å². The Bertz CT molecular complexity index is 2380. The molecule has 0 aliphatic carbocycles. The van der Waals surface area contributed by atoms with Gasteiger partial charge < -0.3 is 33.4 Å². The monoisotopic (exact) mass is 890 g/mol. The fraction of sp³-hybridized carbons (Fsp3) is 0.262. The Labute approximate surface area is 341 Å². The molecular formula is C42H42Br2F2N6O4. The van der Waals surface area contributed by atoms with E-state index in [2.05, 4.69) is 56.3 Å². The zero-order valence-corrected chi connectivity index (χ0v) is 34.0. The summed E-state index contributed by atoms with van der Waals surface area (Å²) in [7, 11) is 6.54. The number of rotatable bonds is 9. The van der Waals surface area contributed by atoms with Crippen molar-refractivity contribution < 1.29 is 27.7 Å². The van der Waals surface area contributed by atoms with E-state index >= 15 is 0 Å². The first-order valence-electron chi connectivity index (χ1n) is 17.5. The van der Waals surface area contributed by atoms with E-state index in [9.17, 15) is 8.78 Å². The molecule has 14 heteroatoms. The molecule has 0 fully saturated rings. The van der Waals surface area contributed by atoms with Crippen molar-refractivity contribution in [1.29, 1.82) is 0 Å². The molecule has 10 nitrogen and oxygen atoms in total. The van der Waals surface area contributed by atoms with Gasteiger partial charge in [-0.05, 0) is 122 Å². The van der Waals surface area contributed by atoms with Crippen LogP contribution in [0, 0.1) is 11.6 Å². The maximum absolute atomic E-state index is 13.2. The van der Waals surface area contributed by atoms with Crippen molar-refractivity contribution in [1.82, 2.24) is 19.1 Å². The Morgan fingerprint density at radius 2 is 1.16 bits per heavy atom. The van der Waals surface area contributed by atoms with Gasteiger partial charge in [0, 0.05) is 30.4 Å². The van der Waals surface area contributed by atoms with E-state index in [1.165, 1.54) is 35.4 Å². The molecule has 4 aromatic carbocycles. The molecule has 2 aromatic heterocycles. The van der Waals surface area contributed by atoms with Crippen LogP contribution < -0.4 is 24.3 Å². The molecule has 1 atom stereocenters. The Morgan fingerprint density at radius 1 is 0.696 bits per heavy atom. The molecule has 292 valence electrons. The summed E-state index contributed by atoms with van der Waals surface area (Å²) in [5.41, 5.74) is 8.27. The number of nitrogens with one attached hydrogen (secondary N) is 1. The van der Waals surface area contributed by atoms with Gasteiger partial charge in [-0.1, -0.05) is 31.7 Å². The lowest BCUT2D eigenvalue weighted by Crippen LogP contribution is -2.16. The summed E-state index contributed by atoms with van der Waals surface area (Å²) in [5.74, 6) is 3.68. The first kappa shape index (κ1) is 40.5. The van der Waals surface area contributed by atoms with Crippen LogP contribution in [0.5, 0.6) is 23.0 Å². The van der Waals surface area contributed by atoms with Crippen LogP contribution in [-0.2, 0) is 25.9 Å². The van der Waals surface area contributed by atoms with Crippen molar-refractivity contribution in [2.45, 2.75) is 46.3 Å². The number of aliphatic imine (C=N–C) groups is 1. The number of aromatic nitrogens is 4. The van der Waals surface area contributed by atoms with Gasteiger partial charge in [0.1, 0.15) is 20.8 Å². The predicted molar refractivity (Wildman–Crippen MR) is 223 cm³/mol. The van der Waals surface area contributed by atoms with Crippen molar-refractivity contribution in [2.75, 3.05) is 33.8 Å². The second-order valence-corrected chi connectivity index (χ2v) is 14.4. The number of benzene rings is 4. The minimum Gasteiger partial charge on any atom is -0.493 e. The highest BCUT2D eigenvalue weighted by atomic mass is 79.9. The average molecular weight is 893 g/mol. The summed E-state index contributed by atoms with van der Waals surface area (Å²) in [5, 5.41) is 3.45. The largest absolute Gasteiger partial charge is 0.493 e. The summed E-state index contributed by atoms with van der Waals surface area (Å²) in [6.07, 6.45) is 3.39. The topological polar surface area (TPSA) is 97.0 Å². The van der Waals surface area contributed by atoms with Gasteiger partial charge in [-0.2, -0.15) is 0 Å². The van der Waals surface area contributed by atoms with Gasteiger partial charge in [-0.25, -0.2) is 23.7 Å². The fourth-order valence-electron chi connectivity index (χ4n) is 6.86. The van der Waals surface area contributed by atoms with E-state index in [1.807, 2.05) is 31.2 Å². The first-order chi connectivity index (χ1) is 26.6. The second kappa shape index (κ2) is 17.3. The Balaban J connectivity index is 0.000000187. The number of aryl methyl sites for hydroxylation is 2. The van der Waals surface area contributed by atoms with Gasteiger partial charge in [-0.15, -0.1) is 0 Å². The zero-order valence-electron chi connectivity index (χ0n) is 30.8. The number of halogens is 4. The number of ether oxygens (including phenoxy) is 4. The second-order valence-electron chi connectivity index (χ2n) is 12.9. The molecule has 0 amide bonds. The standard InChI is InChI=1S/C21H21BrFN3O2.C20H17BrFN3O2.CH4/c1-12(13-4-6-15(23)7-5-13)24-21-25-20(22)19-16-11-18(28-3)17(27-2)10-14(16)8-9-26(19)21;1-26-16-9-13-7-8-25-18(15(13)10-17(16)27-2)19(21)24-20(25)23-11-12-3-5-14(22)6-4-12;/h4-7,10-12H,8-9H2,1-3H3,(H,24,25);3-6,9-11H,7-8H2,1-2H3;1H4. The van der Waals surface area contributed by atoms with Gasteiger partial charge in [0.15, 0.2) is 23.0 Å². The lowest BCUT2D eigenvalue weighted by atomic mass is 9.98. The maximum Gasteiger partial charge on any atom is 0.231 e. The summed E-state index contributed by atoms with van der Waals surface area (Å²) in [6.45, 7) is 3.59. The van der Waals surface area contributed by atoms with Crippen LogP contribution in [0.2, 0.25) is 0 Å². The minimum absolute atomic E-state index is 0. The highest BCUT2D eigenvalue weighted by Crippen LogP contribution is 2.44. The van der Waals surface area contributed by atoms with Gasteiger partial charge in [0.25, 0.3) is 0 Å². The molecule has 2 aliphatic heterocycles. The first-order valence-corrected chi connectivity index (χ1v) is 19.0. The van der Waals surface area contributed by atoms with Gasteiger partial charge in [0.05, 0.1) is 45.9 Å². The number of fused-ring (bicyclic) bond motifs is 6. The van der Waals surface area contributed by atoms with Crippen molar-refractivity contribution >= 4 is 50.0 Å². The van der Waals surface area contributed by atoms with Crippen molar-refractivity contribution in [3.63, 3.8) is 0 Å². The Morgan fingerprint density at radius 3 is 1.70 bits per heavy atom. The maximum atomic E-state index is 13.2. The zero-order chi connectivity index (χ0) is 38.8. The van der Waals surface area contributed by atoms with E-state index in [-0.39, 0.29) is 25.1 Å².